The first-order valence-electron chi connectivity index (χ1n) is 5.95. The van der Waals surface area contributed by atoms with E-state index in [0.29, 0.717) is 6.61 Å². The molecule has 2 aromatic rings. The summed E-state index contributed by atoms with van der Waals surface area (Å²) in [5.41, 5.74) is 9.12. The fourth-order valence-electron chi connectivity index (χ4n) is 1.95. The predicted molar refractivity (Wildman–Crippen MR) is 69.4 cm³/mol. The van der Waals surface area contributed by atoms with Crippen molar-refractivity contribution in [3.8, 4) is 5.75 Å². The maximum atomic E-state index is 6.25. The van der Waals surface area contributed by atoms with Gasteiger partial charge in [-0.05, 0) is 25.5 Å². The van der Waals surface area contributed by atoms with Gasteiger partial charge in [0, 0.05) is 25.0 Å². The summed E-state index contributed by atoms with van der Waals surface area (Å²) in [5, 5.41) is 4.30. The van der Waals surface area contributed by atoms with Crippen LogP contribution in [0.15, 0.2) is 24.7 Å². The second-order valence-electron chi connectivity index (χ2n) is 4.21. The number of nitrogens with zero attached hydrogens (tertiary/aromatic N) is 3. The molecule has 2 N–H and O–H groups in total. The van der Waals surface area contributed by atoms with Gasteiger partial charge in [-0.1, -0.05) is 0 Å². The van der Waals surface area contributed by atoms with E-state index in [4.69, 9.17) is 10.5 Å². The molecule has 2 rings (SSSR count). The Labute approximate surface area is 107 Å². The second-order valence-corrected chi connectivity index (χ2v) is 4.21. The predicted octanol–water partition coefficient (Wildman–Crippen LogP) is 1.57. The smallest absolute Gasteiger partial charge is 0.137 e. The van der Waals surface area contributed by atoms with Crippen LogP contribution in [0.1, 0.15) is 29.8 Å². The van der Waals surface area contributed by atoms with Crippen LogP contribution < -0.4 is 10.5 Å². The molecule has 0 amide bonds. The van der Waals surface area contributed by atoms with Gasteiger partial charge in [0.25, 0.3) is 0 Å². The molecule has 0 saturated heterocycles. The molecule has 1 atom stereocenters. The highest BCUT2D eigenvalue weighted by molar-refractivity contribution is 5.34. The van der Waals surface area contributed by atoms with Gasteiger partial charge in [0.2, 0.25) is 0 Å². The van der Waals surface area contributed by atoms with Crippen LogP contribution in [0.3, 0.4) is 0 Å². The van der Waals surface area contributed by atoms with Crippen molar-refractivity contribution in [1.29, 1.82) is 0 Å². The zero-order valence-corrected chi connectivity index (χ0v) is 10.9. The molecule has 5 nitrogen and oxygen atoms in total. The molecule has 0 aliphatic rings. The van der Waals surface area contributed by atoms with Gasteiger partial charge in [0.1, 0.15) is 5.75 Å². The van der Waals surface area contributed by atoms with E-state index in [1.807, 2.05) is 33.2 Å². The molecule has 0 saturated carbocycles. The van der Waals surface area contributed by atoms with E-state index < -0.39 is 0 Å². The lowest BCUT2D eigenvalue weighted by Crippen LogP contribution is -2.13. The Kier molecular flexibility index (Phi) is 3.62. The highest BCUT2D eigenvalue weighted by atomic mass is 16.5. The molecule has 0 aliphatic carbocycles. The minimum atomic E-state index is -0.230. The molecule has 0 aromatic carbocycles. The van der Waals surface area contributed by atoms with E-state index in [9.17, 15) is 0 Å². The Morgan fingerprint density at radius 1 is 1.44 bits per heavy atom. The molecule has 2 aromatic heterocycles. The standard InChI is InChI=1S/C13H18N4O/c1-4-18-11-5-10(6-15-7-11)13(14)12-8-17(3)16-9(12)2/h5-8,13H,4,14H2,1-3H3. The van der Waals surface area contributed by atoms with Gasteiger partial charge < -0.3 is 10.5 Å². The Morgan fingerprint density at radius 3 is 2.83 bits per heavy atom. The van der Waals surface area contributed by atoms with Crippen LogP contribution in [-0.4, -0.2) is 21.4 Å². The molecular weight excluding hydrogens is 228 g/mol. The van der Waals surface area contributed by atoms with Crippen molar-refractivity contribution in [2.24, 2.45) is 12.8 Å². The number of nitrogens with two attached hydrogens (primary N) is 1. The summed E-state index contributed by atoms with van der Waals surface area (Å²) in [6.07, 6.45) is 5.39. The van der Waals surface area contributed by atoms with E-state index in [0.717, 1.165) is 22.6 Å². The van der Waals surface area contributed by atoms with Crippen molar-refractivity contribution in [3.05, 3.63) is 41.5 Å². The van der Waals surface area contributed by atoms with Crippen molar-refractivity contribution in [1.82, 2.24) is 14.8 Å². The van der Waals surface area contributed by atoms with Gasteiger partial charge >= 0.3 is 0 Å². The fourth-order valence-corrected chi connectivity index (χ4v) is 1.95. The zero-order valence-electron chi connectivity index (χ0n) is 10.9. The first-order valence-corrected chi connectivity index (χ1v) is 5.95. The van der Waals surface area contributed by atoms with Gasteiger partial charge in [-0.15, -0.1) is 0 Å². The molecule has 18 heavy (non-hydrogen) atoms. The summed E-state index contributed by atoms with van der Waals surface area (Å²) in [7, 11) is 1.89. The van der Waals surface area contributed by atoms with Crippen molar-refractivity contribution in [2.45, 2.75) is 19.9 Å². The third-order valence-corrected chi connectivity index (χ3v) is 2.79. The number of rotatable bonds is 4. The molecule has 0 spiro atoms. The molecule has 0 fully saturated rings. The van der Waals surface area contributed by atoms with Crippen LogP contribution in [-0.2, 0) is 7.05 Å². The first-order chi connectivity index (χ1) is 8.61. The van der Waals surface area contributed by atoms with E-state index >= 15 is 0 Å². The Hall–Kier alpha value is -1.88. The zero-order chi connectivity index (χ0) is 13.1. The summed E-state index contributed by atoms with van der Waals surface area (Å²) in [6, 6.07) is 1.69. The van der Waals surface area contributed by atoms with Crippen molar-refractivity contribution >= 4 is 0 Å². The van der Waals surface area contributed by atoms with Gasteiger partial charge in [0.15, 0.2) is 0 Å². The second kappa shape index (κ2) is 5.18. The van der Waals surface area contributed by atoms with E-state index in [1.54, 1.807) is 17.1 Å². The largest absolute Gasteiger partial charge is 0.492 e. The molecule has 5 heteroatoms. The summed E-state index contributed by atoms with van der Waals surface area (Å²) >= 11 is 0. The summed E-state index contributed by atoms with van der Waals surface area (Å²) in [6.45, 7) is 4.51. The van der Waals surface area contributed by atoms with Crippen LogP contribution in [0.25, 0.3) is 0 Å². The van der Waals surface area contributed by atoms with E-state index in [1.165, 1.54) is 0 Å². The number of pyridine rings is 1. The molecule has 0 aliphatic heterocycles. The average Bonchev–Trinajstić information content (AvgIpc) is 2.68. The molecular formula is C13H18N4O. The summed E-state index contributed by atoms with van der Waals surface area (Å²) < 4.78 is 7.20. The van der Waals surface area contributed by atoms with Gasteiger partial charge in [-0.3, -0.25) is 9.67 Å². The Balaban J connectivity index is 2.30. The number of hydrogen-bond acceptors (Lipinski definition) is 4. The van der Waals surface area contributed by atoms with E-state index in [-0.39, 0.29) is 6.04 Å². The van der Waals surface area contributed by atoms with Gasteiger partial charge in [-0.2, -0.15) is 5.10 Å². The fraction of sp³-hybridized carbons (Fsp3) is 0.385. The number of aromatic nitrogens is 3. The monoisotopic (exact) mass is 246 g/mol. The number of ether oxygens (including phenoxy) is 1. The SMILES string of the molecule is CCOc1cncc(C(N)c2cn(C)nc2C)c1. The Bertz CT molecular complexity index is 536. The highest BCUT2D eigenvalue weighted by Crippen LogP contribution is 2.23. The van der Waals surface area contributed by atoms with Gasteiger partial charge in [-0.25, -0.2) is 0 Å². The van der Waals surface area contributed by atoms with Crippen LogP contribution in [0.2, 0.25) is 0 Å². The third kappa shape index (κ3) is 2.51. The highest BCUT2D eigenvalue weighted by Gasteiger charge is 2.15. The maximum absolute atomic E-state index is 6.25. The average molecular weight is 246 g/mol. The first kappa shape index (κ1) is 12.6. The van der Waals surface area contributed by atoms with E-state index in [2.05, 4.69) is 10.1 Å². The van der Waals surface area contributed by atoms with Crippen LogP contribution in [0, 0.1) is 6.92 Å². The van der Waals surface area contributed by atoms with Crippen LogP contribution in [0.4, 0.5) is 0 Å². The normalized spacial score (nSPS) is 12.4. The molecule has 0 radical (unpaired) electrons. The maximum Gasteiger partial charge on any atom is 0.137 e. The van der Waals surface area contributed by atoms with Crippen LogP contribution >= 0.6 is 0 Å². The van der Waals surface area contributed by atoms with Crippen molar-refractivity contribution < 1.29 is 4.74 Å². The molecule has 0 bridgehead atoms. The number of aryl methyl sites for hydroxylation is 2. The lowest BCUT2D eigenvalue weighted by molar-refractivity contribution is 0.338. The number of hydrogen-bond donors (Lipinski definition) is 1. The summed E-state index contributed by atoms with van der Waals surface area (Å²) in [5.74, 6) is 0.743. The molecule has 2 heterocycles. The molecule has 96 valence electrons. The Morgan fingerprint density at radius 2 is 2.22 bits per heavy atom. The quantitative estimate of drug-likeness (QED) is 0.889. The lowest BCUT2D eigenvalue weighted by atomic mass is 10.0. The third-order valence-electron chi connectivity index (χ3n) is 2.79. The molecule has 1 unspecified atom stereocenters. The van der Waals surface area contributed by atoms with Crippen molar-refractivity contribution in [2.75, 3.05) is 6.61 Å². The minimum absolute atomic E-state index is 0.230. The topological polar surface area (TPSA) is 66.0 Å². The lowest BCUT2D eigenvalue weighted by Gasteiger charge is -2.12. The van der Waals surface area contributed by atoms with Gasteiger partial charge in [0.05, 0.1) is 24.5 Å². The van der Waals surface area contributed by atoms with Crippen LogP contribution in [0.5, 0.6) is 5.75 Å². The summed E-state index contributed by atoms with van der Waals surface area (Å²) in [4.78, 5) is 4.15. The minimum Gasteiger partial charge on any atom is -0.492 e. The van der Waals surface area contributed by atoms with Crippen molar-refractivity contribution in [3.63, 3.8) is 0 Å².